The van der Waals surface area contributed by atoms with Crippen LogP contribution in [-0.2, 0) is 0 Å². The molecule has 2 N–H and O–H groups in total. The minimum Gasteiger partial charge on any atom is -0.493 e. The highest BCUT2D eigenvalue weighted by molar-refractivity contribution is 6.01. The van der Waals surface area contributed by atoms with Crippen LogP contribution >= 0.6 is 0 Å². The molecule has 126 valence electrons. The van der Waals surface area contributed by atoms with Crippen molar-refractivity contribution in [3.63, 3.8) is 0 Å². The fraction of sp³-hybridized carbons (Fsp3) is 0.0526. The SMILES string of the molecule is COc1ccccc1Oc1ncccc1C(=Nc1ccccc1)NO. The molecule has 0 aliphatic heterocycles. The molecule has 0 fully saturated rings. The Bertz CT molecular complexity index is 867. The second-order valence-corrected chi connectivity index (χ2v) is 5.02. The van der Waals surface area contributed by atoms with Gasteiger partial charge in [-0.25, -0.2) is 9.98 Å². The van der Waals surface area contributed by atoms with E-state index in [1.54, 1.807) is 37.6 Å². The first kappa shape index (κ1) is 16.5. The van der Waals surface area contributed by atoms with Gasteiger partial charge >= 0.3 is 0 Å². The lowest BCUT2D eigenvalue weighted by molar-refractivity contribution is 0.234. The molecule has 0 aliphatic carbocycles. The minimum absolute atomic E-state index is 0.226. The molecular formula is C19H17N3O3. The highest BCUT2D eigenvalue weighted by Gasteiger charge is 2.14. The number of ether oxygens (including phenoxy) is 2. The van der Waals surface area contributed by atoms with E-state index < -0.39 is 0 Å². The number of hydroxylamine groups is 1. The van der Waals surface area contributed by atoms with Crippen molar-refractivity contribution < 1.29 is 14.7 Å². The normalized spacial score (nSPS) is 11.0. The molecule has 0 aliphatic rings. The van der Waals surface area contributed by atoms with Gasteiger partial charge in [-0.2, -0.15) is 0 Å². The number of benzene rings is 2. The summed E-state index contributed by atoms with van der Waals surface area (Å²) in [6.07, 6.45) is 1.60. The fourth-order valence-electron chi connectivity index (χ4n) is 2.24. The highest BCUT2D eigenvalue weighted by Crippen LogP contribution is 2.31. The van der Waals surface area contributed by atoms with E-state index in [0.29, 0.717) is 28.6 Å². The molecule has 2 aromatic carbocycles. The Morgan fingerprint density at radius 1 is 0.960 bits per heavy atom. The van der Waals surface area contributed by atoms with Gasteiger partial charge in [-0.3, -0.25) is 10.7 Å². The molecular weight excluding hydrogens is 318 g/mol. The van der Waals surface area contributed by atoms with Crippen molar-refractivity contribution >= 4 is 11.5 Å². The maximum atomic E-state index is 9.54. The lowest BCUT2D eigenvalue weighted by atomic mass is 10.2. The van der Waals surface area contributed by atoms with Gasteiger partial charge in [-0.15, -0.1) is 0 Å². The lowest BCUT2D eigenvalue weighted by Crippen LogP contribution is -2.21. The number of nitrogens with zero attached hydrogens (tertiary/aromatic N) is 2. The van der Waals surface area contributed by atoms with Crippen molar-refractivity contribution in [3.05, 3.63) is 78.5 Å². The summed E-state index contributed by atoms with van der Waals surface area (Å²) < 4.78 is 11.2. The zero-order valence-corrected chi connectivity index (χ0v) is 13.6. The van der Waals surface area contributed by atoms with Gasteiger partial charge in [0.1, 0.15) is 0 Å². The summed E-state index contributed by atoms with van der Waals surface area (Å²) in [6.45, 7) is 0. The quantitative estimate of drug-likeness (QED) is 0.420. The van der Waals surface area contributed by atoms with Crippen LogP contribution in [0.4, 0.5) is 5.69 Å². The van der Waals surface area contributed by atoms with Crippen LogP contribution in [0.5, 0.6) is 17.4 Å². The monoisotopic (exact) mass is 335 g/mol. The van der Waals surface area contributed by atoms with Crippen LogP contribution in [0.3, 0.4) is 0 Å². The van der Waals surface area contributed by atoms with Crippen molar-refractivity contribution in [1.29, 1.82) is 0 Å². The second-order valence-electron chi connectivity index (χ2n) is 5.02. The van der Waals surface area contributed by atoms with Crippen molar-refractivity contribution in [3.8, 4) is 17.4 Å². The Morgan fingerprint density at radius 3 is 2.40 bits per heavy atom. The molecule has 0 radical (unpaired) electrons. The predicted molar refractivity (Wildman–Crippen MR) is 94.9 cm³/mol. The van der Waals surface area contributed by atoms with Crippen LogP contribution < -0.4 is 15.0 Å². The zero-order valence-electron chi connectivity index (χ0n) is 13.6. The molecule has 0 atom stereocenters. The summed E-state index contributed by atoms with van der Waals surface area (Å²) in [5.74, 6) is 1.62. The number of aliphatic imine (C=N–C) groups is 1. The van der Waals surface area contributed by atoms with E-state index in [0.717, 1.165) is 0 Å². The Morgan fingerprint density at radius 2 is 1.68 bits per heavy atom. The molecule has 0 bridgehead atoms. The number of methoxy groups -OCH3 is 1. The van der Waals surface area contributed by atoms with Crippen LogP contribution in [0.25, 0.3) is 0 Å². The van der Waals surface area contributed by atoms with E-state index in [4.69, 9.17) is 9.47 Å². The number of aromatic nitrogens is 1. The first-order chi connectivity index (χ1) is 12.3. The number of hydrogen-bond acceptors (Lipinski definition) is 5. The van der Waals surface area contributed by atoms with Gasteiger partial charge in [0.2, 0.25) is 5.88 Å². The van der Waals surface area contributed by atoms with E-state index in [2.05, 4.69) is 15.5 Å². The van der Waals surface area contributed by atoms with Crippen molar-refractivity contribution in [2.75, 3.05) is 7.11 Å². The summed E-state index contributed by atoms with van der Waals surface area (Å²) in [5, 5.41) is 9.54. The van der Waals surface area contributed by atoms with Gasteiger partial charge in [0.15, 0.2) is 17.3 Å². The van der Waals surface area contributed by atoms with Gasteiger partial charge in [0.05, 0.1) is 18.4 Å². The molecule has 0 unspecified atom stereocenters. The van der Waals surface area contributed by atoms with Gasteiger partial charge in [-0.05, 0) is 36.4 Å². The molecule has 1 heterocycles. The third-order valence-electron chi connectivity index (χ3n) is 3.40. The van der Waals surface area contributed by atoms with E-state index in [-0.39, 0.29) is 5.84 Å². The molecule has 1 aromatic heterocycles. The Balaban J connectivity index is 1.99. The first-order valence-electron chi connectivity index (χ1n) is 7.62. The maximum absolute atomic E-state index is 9.54. The van der Waals surface area contributed by atoms with E-state index in [1.807, 2.05) is 42.5 Å². The van der Waals surface area contributed by atoms with Crippen LogP contribution in [0, 0.1) is 0 Å². The maximum Gasteiger partial charge on any atom is 0.230 e. The Kier molecular flexibility index (Phi) is 5.23. The number of nitrogens with one attached hydrogen (secondary N) is 1. The molecule has 0 amide bonds. The van der Waals surface area contributed by atoms with Gasteiger partial charge in [-0.1, -0.05) is 30.3 Å². The minimum atomic E-state index is 0.226. The number of hydrogen-bond donors (Lipinski definition) is 2. The van der Waals surface area contributed by atoms with E-state index >= 15 is 0 Å². The molecule has 6 nitrogen and oxygen atoms in total. The summed E-state index contributed by atoms with van der Waals surface area (Å²) >= 11 is 0. The highest BCUT2D eigenvalue weighted by atomic mass is 16.5. The number of para-hydroxylation sites is 3. The first-order valence-corrected chi connectivity index (χ1v) is 7.62. The number of pyridine rings is 1. The van der Waals surface area contributed by atoms with Crippen molar-refractivity contribution in [2.45, 2.75) is 0 Å². The number of rotatable bonds is 5. The molecule has 3 aromatic rings. The smallest absolute Gasteiger partial charge is 0.230 e. The third-order valence-corrected chi connectivity index (χ3v) is 3.40. The van der Waals surface area contributed by atoms with Crippen LogP contribution in [-0.4, -0.2) is 23.1 Å². The molecule has 3 rings (SSSR count). The standard InChI is InChI=1S/C19H17N3O3/c1-24-16-11-5-6-12-17(16)25-19-15(10-7-13-20-19)18(22-23)21-14-8-3-2-4-9-14/h2-13,23H,1H3,(H,21,22). The largest absolute Gasteiger partial charge is 0.493 e. The number of amidine groups is 1. The Hall–Kier alpha value is -3.38. The predicted octanol–water partition coefficient (Wildman–Crippen LogP) is 3.94. The molecule has 0 spiro atoms. The fourth-order valence-corrected chi connectivity index (χ4v) is 2.24. The topological polar surface area (TPSA) is 76.0 Å². The Labute approximate surface area is 145 Å². The van der Waals surface area contributed by atoms with Gasteiger partial charge < -0.3 is 9.47 Å². The van der Waals surface area contributed by atoms with Crippen LogP contribution in [0.1, 0.15) is 5.56 Å². The molecule has 25 heavy (non-hydrogen) atoms. The molecule has 0 saturated heterocycles. The lowest BCUT2D eigenvalue weighted by Gasteiger charge is -2.13. The van der Waals surface area contributed by atoms with E-state index in [9.17, 15) is 5.21 Å². The van der Waals surface area contributed by atoms with E-state index in [1.165, 1.54) is 0 Å². The zero-order chi connectivity index (χ0) is 17.5. The van der Waals surface area contributed by atoms with Crippen molar-refractivity contribution in [1.82, 2.24) is 10.5 Å². The van der Waals surface area contributed by atoms with Gasteiger partial charge in [0.25, 0.3) is 0 Å². The summed E-state index contributed by atoms with van der Waals surface area (Å²) in [7, 11) is 1.57. The summed E-state index contributed by atoms with van der Waals surface area (Å²) in [4.78, 5) is 8.65. The van der Waals surface area contributed by atoms with Crippen LogP contribution in [0.15, 0.2) is 77.9 Å². The average molecular weight is 335 g/mol. The summed E-state index contributed by atoms with van der Waals surface area (Å²) in [5.41, 5.74) is 3.32. The molecule has 0 saturated carbocycles. The van der Waals surface area contributed by atoms with Crippen molar-refractivity contribution in [2.24, 2.45) is 4.99 Å². The van der Waals surface area contributed by atoms with Gasteiger partial charge in [0, 0.05) is 6.20 Å². The van der Waals surface area contributed by atoms with Crippen LogP contribution in [0.2, 0.25) is 0 Å². The average Bonchev–Trinajstić information content (AvgIpc) is 2.68. The third kappa shape index (κ3) is 3.94. The second kappa shape index (κ2) is 7.94. The summed E-state index contributed by atoms with van der Waals surface area (Å²) in [6, 6.07) is 20.0. The molecule has 6 heteroatoms.